The molecule has 1 heterocycles. The Morgan fingerprint density at radius 3 is 3.00 bits per heavy atom. The van der Waals surface area contributed by atoms with E-state index >= 15 is 0 Å². The van der Waals surface area contributed by atoms with Crippen molar-refractivity contribution in [3.8, 4) is 0 Å². The minimum absolute atomic E-state index is 0.391. The van der Waals surface area contributed by atoms with Gasteiger partial charge in [-0.2, -0.15) is 0 Å². The molecule has 3 heteroatoms. The third kappa shape index (κ3) is 1.93. The summed E-state index contributed by atoms with van der Waals surface area (Å²) in [4.78, 5) is 0. The Hall–Kier alpha value is -1.06. The van der Waals surface area contributed by atoms with Crippen molar-refractivity contribution in [2.24, 2.45) is 5.73 Å². The van der Waals surface area contributed by atoms with Crippen LogP contribution in [-0.2, 0) is 0 Å². The maximum Gasteiger partial charge on any atom is 0.0349 e. The number of hydrogen-bond donors (Lipinski definition) is 2. The molecule has 1 aromatic heterocycles. The fraction of sp³-hybridized carbons (Fsp3) is 0.385. The second kappa shape index (κ2) is 4.07. The highest BCUT2D eigenvalue weighted by molar-refractivity contribution is 7.17. The van der Waals surface area contributed by atoms with Gasteiger partial charge in [0.05, 0.1) is 0 Å². The quantitative estimate of drug-likeness (QED) is 0.834. The highest BCUT2D eigenvalue weighted by atomic mass is 32.1. The predicted molar refractivity (Wildman–Crippen MR) is 71.1 cm³/mol. The average Bonchev–Trinajstić information content (AvgIpc) is 2.87. The van der Waals surface area contributed by atoms with Crippen molar-refractivity contribution in [1.29, 1.82) is 0 Å². The summed E-state index contributed by atoms with van der Waals surface area (Å²) >= 11 is 1.79. The number of nitrogens with two attached hydrogens (primary N) is 1. The molecular weight excluding hydrogens is 216 g/mol. The van der Waals surface area contributed by atoms with E-state index < -0.39 is 0 Å². The van der Waals surface area contributed by atoms with E-state index in [4.69, 9.17) is 5.73 Å². The highest BCUT2D eigenvalue weighted by Gasteiger charge is 2.21. The molecule has 84 valence electrons. The minimum Gasteiger partial charge on any atom is -0.382 e. The van der Waals surface area contributed by atoms with E-state index in [1.54, 1.807) is 11.3 Å². The van der Waals surface area contributed by atoms with Crippen LogP contribution in [0.4, 0.5) is 5.69 Å². The molecule has 0 spiro atoms. The molecule has 2 atom stereocenters. The van der Waals surface area contributed by atoms with Crippen molar-refractivity contribution in [2.45, 2.75) is 31.3 Å². The van der Waals surface area contributed by atoms with Crippen LogP contribution in [0.2, 0.25) is 0 Å². The van der Waals surface area contributed by atoms with Gasteiger partial charge in [0.15, 0.2) is 0 Å². The second-order valence-corrected chi connectivity index (χ2v) is 5.54. The molecule has 2 nitrogen and oxygen atoms in total. The third-order valence-electron chi connectivity index (χ3n) is 3.30. The topological polar surface area (TPSA) is 38.0 Å². The number of rotatable bonds is 2. The summed E-state index contributed by atoms with van der Waals surface area (Å²) in [5, 5.41) is 7.05. The lowest BCUT2D eigenvalue weighted by atomic mass is 10.2. The normalized spacial score (nSPS) is 25.1. The minimum atomic E-state index is 0.391. The molecule has 0 aliphatic heterocycles. The maximum absolute atomic E-state index is 5.91. The lowest BCUT2D eigenvalue weighted by Gasteiger charge is -2.13. The predicted octanol–water partition coefficient (Wildman–Crippen LogP) is 3.19. The molecule has 0 bridgehead atoms. The zero-order valence-corrected chi connectivity index (χ0v) is 9.96. The van der Waals surface area contributed by atoms with Gasteiger partial charge in [-0.05, 0) is 54.3 Å². The smallest absolute Gasteiger partial charge is 0.0349 e. The number of thiophene rings is 1. The van der Waals surface area contributed by atoms with Crippen molar-refractivity contribution in [2.75, 3.05) is 5.32 Å². The molecule has 1 saturated carbocycles. The Labute approximate surface area is 99.5 Å². The zero-order chi connectivity index (χ0) is 11.0. The van der Waals surface area contributed by atoms with Crippen LogP contribution in [0.5, 0.6) is 0 Å². The molecule has 0 amide bonds. The lowest BCUT2D eigenvalue weighted by molar-refractivity contribution is 0.688. The Morgan fingerprint density at radius 1 is 1.25 bits per heavy atom. The molecule has 1 aliphatic carbocycles. The van der Waals surface area contributed by atoms with E-state index in [0.717, 1.165) is 12.8 Å². The number of hydrogen-bond acceptors (Lipinski definition) is 3. The van der Waals surface area contributed by atoms with Gasteiger partial charge in [-0.1, -0.05) is 0 Å². The maximum atomic E-state index is 5.91. The second-order valence-electron chi connectivity index (χ2n) is 4.59. The Bertz CT molecular complexity index is 491. The van der Waals surface area contributed by atoms with Crippen LogP contribution in [0.25, 0.3) is 10.1 Å². The number of nitrogens with one attached hydrogen (secondary N) is 1. The van der Waals surface area contributed by atoms with Crippen molar-refractivity contribution in [3.05, 3.63) is 29.6 Å². The monoisotopic (exact) mass is 232 g/mol. The van der Waals surface area contributed by atoms with Crippen LogP contribution >= 0.6 is 11.3 Å². The zero-order valence-electron chi connectivity index (χ0n) is 9.15. The summed E-state index contributed by atoms with van der Waals surface area (Å²) < 4.78 is 1.36. The van der Waals surface area contributed by atoms with Crippen LogP contribution < -0.4 is 11.1 Å². The first kappa shape index (κ1) is 10.1. The Kier molecular flexibility index (Phi) is 2.58. The summed E-state index contributed by atoms with van der Waals surface area (Å²) in [6.07, 6.45) is 3.45. The molecule has 3 rings (SSSR count). The summed E-state index contributed by atoms with van der Waals surface area (Å²) in [5.41, 5.74) is 7.14. The first-order valence-electron chi connectivity index (χ1n) is 5.80. The summed E-state index contributed by atoms with van der Waals surface area (Å²) in [5.74, 6) is 0. The van der Waals surface area contributed by atoms with Gasteiger partial charge in [-0.25, -0.2) is 0 Å². The first-order valence-corrected chi connectivity index (χ1v) is 6.68. The van der Waals surface area contributed by atoms with Gasteiger partial charge in [-0.3, -0.25) is 0 Å². The number of fused-ring (bicyclic) bond motifs is 1. The van der Waals surface area contributed by atoms with E-state index in [2.05, 4.69) is 35.0 Å². The third-order valence-corrected chi connectivity index (χ3v) is 4.19. The van der Waals surface area contributed by atoms with Gasteiger partial charge in [0, 0.05) is 22.5 Å². The van der Waals surface area contributed by atoms with Crippen LogP contribution in [0, 0.1) is 0 Å². The molecule has 0 radical (unpaired) electrons. The van der Waals surface area contributed by atoms with E-state index in [1.807, 2.05) is 0 Å². The summed E-state index contributed by atoms with van der Waals surface area (Å²) in [7, 11) is 0. The van der Waals surface area contributed by atoms with Crippen LogP contribution in [0.15, 0.2) is 29.6 Å². The lowest BCUT2D eigenvalue weighted by Crippen LogP contribution is -2.20. The van der Waals surface area contributed by atoms with Crippen molar-refractivity contribution < 1.29 is 0 Å². The van der Waals surface area contributed by atoms with Gasteiger partial charge >= 0.3 is 0 Å². The van der Waals surface area contributed by atoms with Gasteiger partial charge in [-0.15, -0.1) is 11.3 Å². The van der Waals surface area contributed by atoms with E-state index in [0.29, 0.717) is 12.1 Å². The first-order chi connectivity index (χ1) is 7.81. The molecule has 2 aromatic rings. The van der Waals surface area contributed by atoms with E-state index in [9.17, 15) is 0 Å². The standard InChI is InChI=1S/C13H16N2S/c14-10-1-2-12(8-10)15-11-3-4-13-9(7-11)5-6-16-13/h3-7,10,12,15H,1-2,8,14H2. The van der Waals surface area contributed by atoms with Crippen LogP contribution in [0.3, 0.4) is 0 Å². The molecular formula is C13H16N2S. The molecule has 1 fully saturated rings. The van der Waals surface area contributed by atoms with Gasteiger partial charge in [0.2, 0.25) is 0 Å². The molecule has 1 aromatic carbocycles. The van der Waals surface area contributed by atoms with Crippen molar-refractivity contribution in [3.63, 3.8) is 0 Å². The van der Waals surface area contributed by atoms with E-state index in [1.165, 1.54) is 22.2 Å². The SMILES string of the molecule is NC1CCC(Nc2ccc3sccc3c2)C1. The van der Waals surface area contributed by atoms with Crippen LogP contribution in [-0.4, -0.2) is 12.1 Å². The average molecular weight is 232 g/mol. The van der Waals surface area contributed by atoms with Gasteiger partial charge in [0.25, 0.3) is 0 Å². The summed E-state index contributed by atoms with van der Waals surface area (Å²) in [6.45, 7) is 0. The fourth-order valence-electron chi connectivity index (χ4n) is 2.44. The number of benzene rings is 1. The Balaban J connectivity index is 1.78. The molecule has 2 unspecified atom stereocenters. The number of anilines is 1. The molecule has 0 saturated heterocycles. The fourth-order valence-corrected chi connectivity index (χ4v) is 3.21. The molecule has 1 aliphatic rings. The Morgan fingerprint density at radius 2 is 2.19 bits per heavy atom. The molecule has 16 heavy (non-hydrogen) atoms. The van der Waals surface area contributed by atoms with Gasteiger partial charge in [0.1, 0.15) is 0 Å². The van der Waals surface area contributed by atoms with Crippen molar-refractivity contribution >= 4 is 27.1 Å². The summed E-state index contributed by atoms with van der Waals surface area (Å²) in [6, 6.07) is 9.72. The molecule has 3 N–H and O–H groups in total. The highest BCUT2D eigenvalue weighted by Crippen LogP contribution is 2.26. The largest absolute Gasteiger partial charge is 0.382 e. The van der Waals surface area contributed by atoms with E-state index in [-0.39, 0.29) is 0 Å². The van der Waals surface area contributed by atoms with Gasteiger partial charge < -0.3 is 11.1 Å². The van der Waals surface area contributed by atoms with Crippen molar-refractivity contribution in [1.82, 2.24) is 0 Å². The van der Waals surface area contributed by atoms with Crippen LogP contribution in [0.1, 0.15) is 19.3 Å².